The molecule has 1 aliphatic heterocycles. The van der Waals surface area contributed by atoms with E-state index >= 15 is 0 Å². The number of nitrogens with zero attached hydrogens (tertiary/aromatic N) is 1. The number of aryl methyl sites for hydroxylation is 1. The first-order valence-corrected chi connectivity index (χ1v) is 7.40. The lowest BCUT2D eigenvalue weighted by Gasteiger charge is -2.24. The van der Waals surface area contributed by atoms with Crippen LogP contribution in [-0.4, -0.2) is 19.0 Å². The van der Waals surface area contributed by atoms with Crippen molar-refractivity contribution < 1.29 is 9.53 Å². The molecule has 0 radical (unpaired) electrons. The second-order valence-corrected chi connectivity index (χ2v) is 5.70. The number of nitrogens with one attached hydrogen (secondary N) is 1. The number of methoxy groups -OCH3 is 1. The molecule has 0 aromatic heterocycles. The summed E-state index contributed by atoms with van der Waals surface area (Å²) >= 11 is 0. The Morgan fingerprint density at radius 3 is 2.30 bits per heavy atom. The van der Waals surface area contributed by atoms with Gasteiger partial charge in [-0.05, 0) is 30.2 Å². The van der Waals surface area contributed by atoms with Gasteiger partial charge in [-0.15, -0.1) is 0 Å². The van der Waals surface area contributed by atoms with Crippen molar-refractivity contribution in [2.24, 2.45) is 10.7 Å². The molecule has 5 heteroatoms. The van der Waals surface area contributed by atoms with Crippen LogP contribution in [0.1, 0.15) is 16.7 Å². The third-order valence-electron chi connectivity index (χ3n) is 4.08. The van der Waals surface area contributed by atoms with Crippen LogP contribution in [0.25, 0.3) is 0 Å². The highest BCUT2D eigenvalue weighted by atomic mass is 16.5. The molecule has 1 atom stereocenters. The van der Waals surface area contributed by atoms with Crippen molar-refractivity contribution in [1.29, 1.82) is 0 Å². The molecule has 2 aromatic rings. The molecule has 0 spiro atoms. The molecular formula is C18H19N3O2. The summed E-state index contributed by atoms with van der Waals surface area (Å²) in [5.74, 6) is 0.732. The van der Waals surface area contributed by atoms with E-state index in [2.05, 4.69) is 10.3 Å². The Bertz CT molecular complexity index is 751. The molecule has 0 unspecified atom stereocenters. The fourth-order valence-corrected chi connectivity index (χ4v) is 2.79. The number of rotatable bonds is 4. The van der Waals surface area contributed by atoms with Gasteiger partial charge in [-0.1, -0.05) is 42.0 Å². The zero-order chi connectivity index (χ0) is 16.4. The normalized spacial score (nSPS) is 20.1. The second-order valence-electron chi connectivity index (χ2n) is 5.70. The van der Waals surface area contributed by atoms with Crippen LogP contribution in [0.5, 0.6) is 5.75 Å². The van der Waals surface area contributed by atoms with Crippen LogP contribution >= 0.6 is 0 Å². The summed E-state index contributed by atoms with van der Waals surface area (Å²) in [6.07, 6.45) is 0.437. The third-order valence-corrected chi connectivity index (χ3v) is 4.08. The standard InChI is InChI=1S/C18H19N3O2/c1-12-3-7-14(8-4-12)18(16(22)20-17(19)21-18)11-13-5-9-15(23-2)10-6-13/h3-10H,11H2,1-2H3,(H3,19,20,21,22)/t18-/m1/s1. The second kappa shape index (κ2) is 5.76. The van der Waals surface area contributed by atoms with Crippen LogP contribution < -0.4 is 15.8 Å². The van der Waals surface area contributed by atoms with Crippen molar-refractivity contribution in [1.82, 2.24) is 5.32 Å². The number of nitrogens with two attached hydrogens (primary N) is 1. The van der Waals surface area contributed by atoms with E-state index in [0.717, 1.165) is 22.4 Å². The summed E-state index contributed by atoms with van der Waals surface area (Å²) in [5, 5.41) is 2.63. The number of carbonyl (C=O) groups excluding carboxylic acids is 1. The number of ether oxygens (including phenoxy) is 1. The quantitative estimate of drug-likeness (QED) is 0.905. The number of hydrogen-bond acceptors (Lipinski definition) is 4. The topological polar surface area (TPSA) is 76.7 Å². The zero-order valence-electron chi connectivity index (χ0n) is 13.2. The minimum absolute atomic E-state index is 0.157. The number of benzene rings is 2. The fourth-order valence-electron chi connectivity index (χ4n) is 2.79. The van der Waals surface area contributed by atoms with E-state index < -0.39 is 5.54 Å². The van der Waals surface area contributed by atoms with Gasteiger partial charge in [-0.2, -0.15) is 0 Å². The van der Waals surface area contributed by atoms with Crippen LogP contribution in [0.3, 0.4) is 0 Å². The molecule has 0 bridgehead atoms. The first-order chi connectivity index (χ1) is 11.0. The molecule has 1 aliphatic rings. The summed E-state index contributed by atoms with van der Waals surface area (Å²) in [4.78, 5) is 17.0. The van der Waals surface area contributed by atoms with E-state index in [4.69, 9.17) is 10.5 Å². The van der Waals surface area contributed by atoms with Gasteiger partial charge < -0.3 is 10.5 Å². The Labute approximate surface area is 135 Å². The maximum Gasteiger partial charge on any atom is 0.259 e. The average molecular weight is 309 g/mol. The van der Waals surface area contributed by atoms with Gasteiger partial charge in [0.05, 0.1) is 7.11 Å². The van der Waals surface area contributed by atoms with Crippen molar-refractivity contribution in [3.05, 3.63) is 65.2 Å². The number of guanidine groups is 1. The minimum atomic E-state index is -1.02. The summed E-state index contributed by atoms with van der Waals surface area (Å²) in [7, 11) is 1.62. The molecule has 5 nitrogen and oxygen atoms in total. The van der Waals surface area contributed by atoms with E-state index in [0.29, 0.717) is 6.42 Å². The largest absolute Gasteiger partial charge is 0.497 e. The lowest BCUT2D eigenvalue weighted by Crippen LogP contribution is -2.40. The predicted molar refractivity (Wildman–Crippen MR) is 89.3 cm³/mol. The van der Waals surface area contributed by atoms with Gasteiger partial charge in [0.15, 0.2) is 11.5 Å². The summed E-state index contributed by atoms with van der Waals surface area (Å²) in [6.45, 7) is 2.01. The molecule has 0 fully saturated rings. The molecule has 23 heavy (non-hydrogen) atoms. The summed E-state index contributed by atoms with van der Waals surface area (Å²) < 4.78 is 5.17. The first kappa shape index (κ1) is 15.1. The van der Waals surface area contributed by atoms with Gasteiger partial charge in [-0.3, -0.25) is 10.1 Å². The molecule has 0 saturated heterocycles. The van der Waals surface area contributed by atoms with Crippen molar-refractivity contribution in [2.45, 2.75) is 18.9 Å². The predicted octanol–water partition coefficient (Wildman–Crippen LogP) is 1.89. The smallest absolute Gasteiger partial charge is 0.259 e. The minimum Gasteiger partial charge on any atom is -0.497 e. The highest BCUT2D eigenvalue weighted by molar-refractivity contribution is 6.07. The first-order valence-electron chi connectivity index (χ1n) is 7.40. The van der Waals surface area contributed by atoms with Gasteiger partial charge in [0, 0.05) is 6.42 Å². The van der Waals surface area contributed by atoms with Crippen LogP contribution in [-0.2, 0) is 16.8 Å². The third kappa shape index (κ3) is 2.77. The summed E-state index contributed by atoms with van der Waals surface area (Å²) in [6, 6.07) is 15.4. The lowest BCUT2D eigenvalue weighted by atomic mass is 9.83. The molecule has 1 amide bonds. The number of amides is 1. The fraction of sp³-hybridized carbons (Fsp3) is 0.222. The molecule has 2 aromatic carbocycles. The van der Waals surface area contributed by atoms with Crippen LogP contribution in [0, 0.1) is 6.92 Å². The zero-order valence-corrected chi connectivity index (χ0v) is 13.2. The number of aliphatic imine (C=N–C) groups is 1. The highest BCUT2D eigenvalue weighted by Crippen LogP contribution is 2.33. The molecule has 1 heterocycles. The van der Waals surface area contributed by atoms with Crippen LogP contribution in [0.15, 0.2) is 53.5 Å². The number of carbonyl (C=O) groups is 1. The van der Waals surface area contributed by atoms with Gasteiger partial charge in [0.2, 0.25) is 0 Å². The van der Waals surface area contributed by atoms with Gasteiger partial charge >= 0.3 is 0 Å². The van der Waals surface area contributed by atoms with Crippen LogP contribution in [0.2, 0.25) is 0 Å². The highest BCUT2D eigenvalue weighted by Gasteiger charge is 2.44. The van der Waals surface area contributed by atoms with Gasteiger partial charge in [0.25, 0.3) is 5.91 Å². The van der Waals surface area contributed by atoms with E-state index in [1.807, 2.05) is 55.5 Å². The SMILES string of the molecule is COc1ccc(C[C@]2(c3ccc(C)cc3)N=C(N)NC2=O)cc1. The maximum atomic E-state index is 12.6. The van der Waals surface area contributed by atoms with Gasteiger partial charge in [0.1, 0.15) is 5.75 Å². The van der Waals surface area contributed by atoms with E-state index in [1.54, 1.807) is 7.11 Å². The molecule has 3 rings (SSSR count). The Balaban J connectivity index is 2.02. The summed E-state index contributed by atoms with van der Waals surface area (Å²) in [5.41, 5.74) is 7.69. The Kier molecular flexibility index (Phi) is 3.78. The maximum absolute atomic E-state index is 12.6. The van der Waals surface area contributed by atoms with E-state index in [1.165, 1.54) is 0 Å². The molecule has 0 aliphatic carbocycles. The van der Waals surface area contributed by atoms with Crippen molar-refractivity contribution in [3.63, 3.8) is 0 Å². The molecular weight excluding hydrogens is 290 g/mol. The van der Waals surface area contributed by atoms with Crippen molar-refractivity contribution in [2.75, 3.05) is 7.11 Å². The van der Waals surface area contributed by atoms with E-state index in [9.17, 15) is 4.79 Å². The Hall–Kier alpha value is -2.82. The number of hydrogen-bond donors (Lipinski definition) is 2. The average Bonchev–Trinajstić information content (AvgIpc) is 2.83. The van der Waals surface area contributed by atoms with Crippen molar-refractivity contribution >= 4 is 11.9 Å². The Morgan fingerprint density at radius 2 is 1.78 bits per heavy atom. The molecule has 118 valence electrons. The van der Waals surface area contributed by atoms with Crippen LogP contribution in [0.4, 0.5) is 0 Å². The molecule has 3 N–H and O–H groups in total. The lowest BCUT2D eigenvalue weighted by molar-refractivity contribution is -0.124. The van der Waals surface area contributed by atoms with E-state index in [-0.39, 0.29) is 11.9 Å². The molecule has 0 saturated carbocycles. The Morgan fingerprint density at radius 1 is 1.13 bits per heavy atom. The van der Waals surface area contributed by atoms with Gasteiger partial charge in [-0.25, -0.2) is 4.99 Å². The van der Waals surface area contributed by atoms with Crippen molar-refractivity contribution in [3.8, 4) is 5.75 Å². The monoisotopic (exact) mass is 309 g/mol.